The normalized spacial score (nSPS) is 25.6. The highest BCUT2D eigenvalue weighted by Crippen LogP contribution is 2.12. The van der Waals surface area contributed by atoms with Crippen LogP contribution in [0.2, 0.25) is 0 Å². The molecular weight excluding hydrogens is 180 g/mol. The van der Waals surface area contributed by atoms with Crippen LogP contribution in [0.3, 0.4) is 0 Å². The van der Waals surface area contributed by atoms with Crippen LogP contribution in [-0.2, 0) is 4.79 Å². The van der Waals surface area contributed by atoms with Gasteiger partial charge >= 0.3 is 5.97 Å². The van der Waals surface area contributed by atoms with Gasteiger partial charge in [-0.05, 0) is 33.7 Å². The second kappa shape index (κ2) is 4.75. The summed E-state index contributed by atoms with van der Waals surface area (Å²) in [6, 6.07) is 0.456. The standard InChI is InChI=1S/C10H20N2O2/c1-7(2)12-5-4-9(6-12)11-8(3)10(13)14/h7-9,11H,4-6H2,1-3H3,(H,13,14). The van der Waals surface area contributed by atoms with Gasteiger partial charge < -0.3 is 10.4 Å². The van der Waals surface area contributed by atoms with E-state index in [4.69, 9.17) is 5.11 Å². The molecule has 2 unspecified atom stereocenters. The van der Waals surface area contributed by atoms with E-state index in [-0.39, 0.29) is 0 Å². The molecule has 0 saturated carbocycles. The summed E-state index contributed by atoms with van der Waals surface area (Å²) in [4.78, 5) is 13.0. The molecule has 2 atom stereocenters. The summed E-state index contributed by atoms with van der Waals surface area (Å²) in [6.07, 6.45) is 1.05. The summed E-state index contributed by atoms with van der Waals surface area (Å²) >= 11 is 0. The number of nitrogens with one attached hydrogen (secondary N) is 1. The van der Waals surface area contributed by atoms with E-state index in [1.807, 2.05) is 0 Å². The van der Waals surface area contributed by atoms with Crippen LogP contribution in [0.1, 0.15) is 27.2 Å². The van der Waals surface area contributed by atoms with Gasteiger partial charge in [-0.15, -0.1) is 0 Å². The SMILES string of the molecule is CC(NC1CCN(C(C)C)C1)C(=O)O. The molecule has 1 heterocycles. The molecule has 4 heteroatoms. The number of rotatable bonds is 4. The first-order valence-corrected chi connectivity index (χ1v) is 5.23. The molecule has 2 N–H and O–H groups in total. The summed E-state index contributed by atoms with van der Waals surface area (Å²) in [5.41, 5.74) is 0. The largest absolute Gasteiger partial charge is 0.480 e. The fourth-order valence-electron chi connectivity index (χ4n) is 1.82. The van der Waals surface area contributed by atoms with Gasteiger partial charge in [0, 0.05) is 18.6 Å². The van der Waals surface area contributed by atoms with Crippen molar-refractivity contribution in [2.24, 2.45) is 0 Å². The van der Waals surface area contributed by atoms with Gasteiger partial charge in [-0.1, -0.05) is 0 Å². The quantitative estimate of drug-likeness (QED) is 0.695. The Morgan fingerprint density at radius 2 is 2.14 bits per heavy atom. The third-order valence-electron chi connectivity index (χ3n) is 2.81. The minimum atomic E-state index is -0.770. The van der Waals surface area contributed by atoms with Crippen molar-refractivity contribution in [3.63, 3.8) is 0 Å². The third-order valence-corrected chi connectivity index (χ3v) is 2.81. The minimum Gasteiger partial charge on any atom is -0.480 e. The molecule has 1 fully saturated rings. The number of nitrogens with zero attached hydrogens (tertiary/aromatic N) is 1. The summed E-state index contributed by atoms with van der Waals surface area (Å²) in [6.45, 7) is 8.07. The molecule has 0 amide bonds. The molecule has 1 aliphatic rings. The molecule has 0 aromatic carbocycles. The highest BCUT2D eigenvalue weighted by Gasteiger charge is 2.26. The Morgan fingerprint density at radius 3 is 2.57 bits per heavy atom. The molecule has 0 aliphatic carbocycles. The third kappa shape index (κ3) is 2.96. The average Bonchev–Trinajstić information content (AvgIpc) is 2.52. The van der Waals surface area contributed by atoms with E-state index in [0.717, 1.165) is 19.5 Å². The number of carbonyl (C=O) groups is 1. The molecule has 0 spiro atoms. The molecule has 0 aromatic heterocycles. The van der Waals surface area contributed by atoms with Gasteiger partial charge in [0.1, 0.15) is 6.04 Å². The second-order valence-corrected chi connectivity index (χ2v) is 4.30. The van der Waals surface area contributed by atoms with Gasteiger partial charge in [0.25, 0.3) is 0 Å². The van der Waals surface area contributed by atoms with E-state index in [1.165, 1.54) is 0 Å². The Labute approximate surface area is 85.3 Å². The summed E-state index contributed by atoms with van der Waals surface area (Å²) in [5.74, 6) is -0.770. The van der Waals surface area contributed by atoms with Crippen LogP contribution in [-0.4, -0.2) is 47.2 Å². The Hall–Kier alpha value is -0.610. The van der Waals surface area contributed by atoms with E-state index in [0.29, 0.717) is 12.1 Å². The monoisotopic (exact) mass is 200 g/mol. The van der Waals surface area contributed by atoms with Crippen molar-refractivity contribution in [2.75, 3.05) is 13.1 Å². The van der Waals surface area contributed by atoms with Crippen molar-refractivity contribution in [1.82, 2.24) is 10.2 Å². The lowest BCUT2D eigenvalue weighted by Gasteiger charge is -2.21. The topological polar surface area (TPSA) is 52.6 Å². The van der Waals surface area contributed by atoms with Crippen molar-refractivity contribution in [3.8, 4) is 0 Å². The van der Waals surface area contributed by atoms with Crippen LogP contribution >= 0.6 is 0 Å². The predicted molar refractivity (Wildman–Crippen MR) is 55.3 cm³/mol. The Kier molecular flexibility index (Phi) is 3.89. The molecule has 4 nitrogen and oxygen atoms in total. The molecule has 0 aromatic rings. The molecule has 1 saturated heterocycles. The molecule has 1 rings (SSSR count). The maximum Gasteiger partial charge on any atom is 0.320 e. The molecule has 82 valence electrons. The number of hydrogen-bond donors (Lipinski definition) is 2. The van der Waals surface area contributed by atoms with Crippen LogP contribution in [0.5, 0.6) is 0 Å². The zero-order chi connectivity index (χ0) is 10.7. The fourth-order valence-corrected chi connectivity index (χ4v) is 1.82. The second-order valence-electron chi connectivity index (χ2n) is 4.30. The smallest absolute Gasteiger partial charge is 0.320 e. The van der Waals surface area contributed by atoms with E-state index in [2.05, 4.69) is 24.1 Å². The Morgan fingerprint density at radius 1 is 1.50 bits per heavy atom. The first kappa shape index (κ1) is 11.5. The molecule has 0 bridgehead atoms. The summed E-state index contributed by atoms with van der Waals surface area (Å²) in [7, 11) is 0. The Balaban J connectivity index is 2.32. The number of hydrogen-bond acceptors (Lipinski definition) is 3. The van der Waals surface area contributed by atoms with Crippen LogP contribution in [0, 0.1) is 0 Å². The van der Waals surface area contributed by atoms with E-state index in [9.17, 15) is 4.79 Å². The lowest BCUT2D eigenvalue weighted by Crippen LogP contribution is -2.43. The van der Waals surface area contributed by atoms with Crippen LogP contribution in [0.4, 0.5) is 0 Å². The van der Waals surface area contributed by atoms with Gasteiger partial charge in [-0.2, -0.15) is 0 Å². The first-order chi connectivity index (χ1) is 6.50. The highest BCUT2D eigenvalue weighted by molar-refractivity contribution is 5.72. The summed E-state index contributed by atoms with van der Waals surface area (Å²) < 4.78 is 0. The zero-order valence-electron chi connectivity index (χ0n) is 9.16. The van der Waals surface area contributed by atoms with Crippen molar-refractivity contribution in [1.29, 1.82) is 0 Å². The lowest BCUT2D eigenvalue weighted by molar-refractivity contribution is -0.139. The van der Waals surface area contributed by atoms with E-state index >= 15 is 0 Å². The number of carboxylic acids is 1. The molecule has 0 radical (unpaired) electrons. The van der Waals surface area contributed by atoms with Crippen LogP contribution in [0.25, 0.3) is 0 Å². The van der Waals surface area contributed by atoms with Crippen LogP contribution in [0.15, 0.2) is 0 Å². The molecule has 14 heavy (non-hydrogen) atoms. The summed E-state index contributed by atoms with van der Waals surface area (Å²) in [5, 5.41) is 11.9. The number of carboxylic acid groups (broad SMARTS) is 1. The van der Waals surface area contributed by atoms with E-state index in [1.54, 1.807) is 6.92 Å². The number of likely N-dealkylation sites (tertiary alicyclic amines) is 1. The van der Waals surface area contributed by atoms with E-state index < -0.39 is 12.0 Å². The van der Waals surface area contributed by atoms with Gasteiger partial charge in [-0.25, -0.2) is 0 Å². The number of aliphatic carboxylic acids is 1. The highest BCUT2D eigenvalue weighted by atomic mass is 16.4. The maximum atomic E-state index is 10.6. The Bertz CT molecular complexity index is 206. The minimum absolute atomic E-state index is 0.337. The van der Waals surface area contributed by atoms with Gasteiger partial charge in [0.2, 0.25) is 0 Å². The first-order valence-electron chi connectivity index (χ1n) is 5.23. The average molecular weight is 200 g/mol. The maximum absolute atomic E-state index is 10.6. The van der Waals surface area contributed by atoms with Gasteiger partial charge in [0.15, 0.2) is 0 Å². The van der Waals surface area contributed by atoms with Crippen molar-refractivity contribution in [2.45, 2.75) is 45.3 Å². The van der Waals surface area contributed by atoms with Crippen molar-refractivity contribution in [3.05, 3.63) is 0 Å². The molecular formula is C10H20N2O2. The fraction of sp³-hybridized carbons (Fsp3) is 0.900. The van der Waals surface area contributed by atoms with Crippen molar-refractivity contribution >= 4 is 5.97 Å². The van der Waals surface area contributed by atoms with Crippen molar-refractivity contribution < 1.29 is 9.90 Å². The van der Waals surface area contributed by atoms with Gasteiger partial charge in [-0.3, -0.25) is 9.69 Å². The van der Waals surface area contributed by atoms with Crippen LogP contribution < -0.4 is 5.32 Å². The zero-order valence-corrected chi connectivity index (χ0v) is 9.16. The molecule has 1 aliphatic heterocycles. The predicted octanol–water partition coefficient (Wildman–Crippen LogP) is 0.532. The van der Waals surface area contributed by atoms with Gasteiger partial charge in [0.05, 0.1) is 0 Å². The lowest BCUT2D eigenvalue weighted by atomic mass is 10.2.